The third kappa shape index (κ3) is 11.3. The SMILES string of the molecule is O=C(O)C(Br)(Br)Br.O=C(O)C(Cl)(Cl)Cl. The van der Waals surface area contributed by atoms with E-state index in [1.165, 1.54) is 0 Å². The van der Waals surface area contributed by atoms with Crippen LogP contribution in [-0.4, -0.2) is 28.1 Å². The molecule has 0 bridgehead atoms. The number of carbonyl (C=O) groups is 2. The molecule has 0 aliphatic carbocycles. The smallest absolute Gasteiger partial charge is 0.356 e. The van der Waals surface area contributed by atoms with E-state index >= 15 is 0 Å². The third-order valence-electron chi connectivity index (χ3n) is 0.485. The maximum atomic E-state index is 9.88. The highest BCUT2D eigenvalue weighted by Gasteiger charge is 2.29. The molecule has 0 atom stereocenters. The van der Waals surface area contributed by atoms with Crippen LogP contribution in [0.3, 0.4) is 0 Å². The van der Waals surface area contributed by atoms with E-state index in [0.29, 0.717) is 0 Å². The van der Waals surface area contributed by atoms with Crippen molar-refractivity contribution < 1.29 is 19.8 Å². The Bertz CT molecular complexity index is 197. The van der Waals surface area contributed by atoms with Gasteiger partial charge in [-0.15, -0.1) is 0 Å². The molecule has 0 aromatic rings. The molecule has 0 spiro atoms. The molecule has 0 fully saturated rings. The highest BCUT2D eigenvalue weighted by molar-refractivity contribution is 9.40. The zero-order valence-electron chi connectivity index (χ0n) is 5.98. The lowest BCUT2D eigenvalue weighted by atomic mass is 10.8. The van der Waals surface area contributed by atoms with Gasteiger partial charge in [0.2, 0.25) is 2.14 Å². The van der Waals surface area contributed by atoms with Gasteiger partial charge in [-0.05, 0) is 47.8 Å². The predicted molar refractivity (Wildman–Crippen MR) is 65.1 cm³/mol. The second-order valence-corrected chi connectivity index (χ2v) is 10.6. The number of hydrogen-bond acceptors (Lipinski definition) is 2. The molecule has 10 heteroatoms. The van der Waals surface area contributed by atoms with Crippen molar-refractivity contribution in [1.82, 2.24) is 0 Å². The highest BCUT2D eigenvalue weighted by atomic mass is 80.0. The average molecular weight is 460 g/mol. The summed E-state index contributed by atoms with van der Waals surface area (Å²) in [4.78, 5) is 19.5. The van der Waals surface area contributed by atoms with Gasteiger partial charge < -0.3 is 10.2 Å². The van der Waals surface area contributed by atoms with Gasteiger partial charge in [-0.3, -0.25) is 0 Å². The topological polar surface area (TPSA) is 74.6 Å². The summed E-state index contributed by atoms with van der Waals surface area (Å²) in [7, 11) is 0. The van der Waals surface area contributed by atoms with E-state index in [-0.39, 0.29) is 0 Å². The number of carboxylic acid groups (broad SMARTS) is 2. The van der Waals surface area contributed by atoms with Crippen LogP contribution < -0.4 is 0 Å². The van der Waals surface area contributed by atoms with Crippen molar-refractivity contribution in [3.8, 4) is 0 Å². The van der Waals surface area contributed by atoms with Gasteiger partial charge in [-0.25, -0.2) is 9.59 Å². The molecule has 0 saturated heterocycles. The van der Waals surface area contributed by atoms with Gasteiger partial charge >= 0.3 is 11.9 Å². The summed E-state index contributed by atoms with van der Waals surface area (Å²) in [5, 5.41) is 16.0. The Morgan fingerprint density at radius 1 is 0.929 bits per heavy atom. The molecule has 0 unspecified atom stereocenters. The Morgan fingerprint density at radius 2 is 1.07 bits per heavy atom. The van der Waals surface area contributed by atoms with Crippen molar-refractivity contribution in [3.63, 3.8) is 0 Å². The van der Waals surface area contributed by atoms with E-state index in [4.69, 9.17) is 45.0 Å². The van der Waals surface area contributed by atoms with Crippen molar-refractivity contribution in [2.75, 3.05) is 0 Å². The maximum absolute atomic E-state index is 9.88. The van der Waals surface area contributed by atoms with Gasteiger partial charge in [0.05, 0.1) is 0 Å². The molecule has 0 aliphatic rings. The lowest BCUT2D eigenvalue weighted by Gasteiger charge is -2.01. The molecule has 0 aromatic carbocycles. The number of halogens is 6. The number of aliphatic carboxylic acids is 2. The number of alkyl halides is 6. The first-order chi connectivity index (χ1) is 5.89. The van der Waals surface area contributed by atoms with Crippen molar-refractivity contribution in [1.29, 1.82) is 0 Å². The summed E-state index contributed by atoms with van der Waals surface area (Å²) in [6, 6.07) is 0. The summed E-state index contributed by atoms with van der Waals surface area (Å²) >= 11 is 22.7. The minimum absolute atomic E-state index is 1.01. The quantitative estimate of drug-likeness (QED) is 0.544. The van der Waals surface area contributed by atoms with Gasteiger partial charge in [-0.1, -0.05) is 34.8 Å². The molecule has 0 heterocycles. The second kappa shape index (κ2) is 6.75. The Morgan fingerprint density at radius 3 is 1.07 bits per heavy atom. The Hall–Kier alpha value is 1.25. The molecule has 0 saturated carbocycles. The van der Waals surface area contributed by atoms with E-state index < -0.39 is 17.9 Å². The fraction of sp³-hybridized carbons (Fsp3) is 0.500. The fourth-order valence-electron chi connectivity index (χ4n) is 0. The lowest BCUT2D eigenvalue weighted by Crippen LogP contribution is -2.16. The molecule has 0 amide bonds. The second-order valence-electron chi connectivity index (χ2n) is 1.61. The fourth-order valence-corrected chi connectivity index (χ4v) is 0. The van der Waals surface area contributed by atoms with Crippen molar-refractivity contribution in [2.45, 2.75) is 5.94 Å². The van der Waals surface area contributed by atoms with Crippen LogP contribution in [0.4, 0.5) is 0 Å². The van der Waals surface area contributed by atoms with Crippen LogP contribution in [0.1, 0.15) is 0 Å². The summed E-state index contributed by atoms with van der Waals surface area (Å²) in [6.45, 7) is 0. The summed E-state index contributed by atoms with van der Waals surface area (Å²) in [5.41, 5.74) is 0. The number of rotatable bonds is 0. The van der Waals surface area contributed by atoms with Crippen molar-refractivity contribution in [3.05, 3.63) is 0 Å². The van der Waals surface area contributed by atoms with E-state index in [9.17, 15) is 9.59 Å². The first-order valence-electron chi connectivity index (χ1n) is 2.49. The molecular formula is C4H2Br3Cl3O4. The van der Waals surface area contributed by atoms with Crippen molar-refractivity contribution in [2.24, 2.45) is 0 Å². The first-order valence-corrected chi connectivity index (χ1v) is 6.00. The minimum atomic E-state index is -2.17. The Kier molecular flexibility index (Phi) is 8.51. The molecule has 0 radical (unpaired) electrons. The predicted octanol–water partition coefficient (Wildman–Crippen LogP) is 3.35. The van der Waals surface area contributed by atoms with Gasteiger partial charge in [0.1, 0.15) is 0 Å². The zero-order valence-corrected chi connectivity index (χ0v) is 13.0. The van der Waals surface area contributed by atoms with Gasteiger partial charge in [-0.2, -0.15) is 0 Å². The number of carboxylic acids is 2. The van der Waals surface area contributed by atoms with Gasteiger partial charge in [0, 0.05) is 0 Å². The molecule has 0 rings (SSSR count). The van der Waals surface area contributed by atoms with E-state index in [2.05, 4.69) is 47.8 Å². The van der Waals surface area contributed by atoms with Gasteiger partial charge in [0.15, 0.2) is 0 Å². The van der Waals surface area contributed by atoms with Crippen LogP contribution in [0, 0.1) is 0 Å². The molecule has 0 aromatic heterocycles. The van der Waals surface area contributed by atoms with E-state index in [1.807, 2.05) is 0 Å². The molecule has 0 aliphatic heterocycles. The van der Waals surface area contributed by atoms with Gasteiger partial charge in [0.25, 0.3) is 3.79 Å². The van der Waals surface area contributed by atoms with Crippen LogP contribution in [0.25, 0.3) is 0 Å². The van der Waals surface area contributed by atoms with Crippen LogP contribution in [0.2, 0.25) is 0 Å². The van der Waals surface area contributed by atoms with Crippen LogP contribution in [-0.2, 0) is 9.59 Å². The minimum Gasteiger partial charge on any atom is -0.479 e. The van der Waals surface area contributed by atoms with E-state index in [1.54, 1.807) is 0 Å². The number of hydrogen-bond donors (Lipinski definition) is 2. The maximum Gasteiger partial charge on any atom is 0.356 e. The average Bonchev–Trinajstić information content (AvgIpc) is 1.83. The molecule has 4 nitrogen and oxygen atoms in total. The molecule has 14 heavy (non-hydrogen) atoms. The molecule has 2 N–H and O–H groups in total. The first kappa shape index (κ1) is 17.6. The van der Waals surface area contributed by atoms with Crippen molar-refractivity contribution >= 4 is 94.5 Å². The largest absolute Gasteiger partial charge is 0.479 e. The van der Waals surface area contributed by atoms with Crippen LogP contribution >= 0.6 is 82.6 Å². The molecule has 84 valence electrons. The third-order valence-corrected chi connectivity index (χ3v) is 1.99. The van der Waals surface area contributed by atoms with Crippen LogP contribution in [0.15, 0.2) is 0 Å². The Balaban J connectivity index is 0. The lowest BCUT2D eigenvalue weighted by molar-refractivity contribution is -0.136. The summed E-state index contributed by atoms with van der Waals surface area (Å²) < 4.78 is -3.31. The summed E-state index contributed by atoms with van der Waals surface area (Å²) in [5.74, 6) is -2.47. The monoisotopic (exact) mass is 456 g/mol. The summed E-state index contributed by atoms with van der Waals surface area (Å²) in [6.07, 6.45) is 0. The van der Waals surface area contributed by atoms with Crippen LogP contribution in [0.5, 0.6) is 0 Å². The normalized spacial score (nSPS) is 11.3. The zero-order chi connectivity index (χ0) is 12.2. The highest BCUT2D eigenvalue weighted by Crippen LogP contribution is 2.33. The standard InChI is InChI=1S/C2HBr3O2.C2HCl3O2/c2*3-2(4,5)1(6)7/h2*(H,6,7). The molecular weight excluding hydrogens is 458 g/mol. The Labute approximate surface area is 119 Å². The van der Waals surface area contributed by atoms with E-state index in [0.717, 1.165) is 0 Å².